The van der Waals surface area contributed by atoms with Crippen molar-refractivity contribution in [1.82, 2.24) is 9.88 Å². The Morgan fingerprint density at radius 2 is 1.72 bits per heavy atom. The van der Waals surface area contributed by atoms with Crippen LogP contribution in [0.1, 0.15) is 11.3 Å². The summed E-state index contributed by atoms with van der Waals surface area (Å²) in [5, 5.41) is 0.979. The molecule has 1 aromatic heterocycles. The standard InChI is InChI=1S/C15H17BrN2/c16-9-11-18(12-14-6-2-1-3-7-14)13-15-8-4-5-10-17-15/h1-8,10H,9,11-13H2. The first kappa shape index (κ1) is 13.2. The molecule has 0 unspecified atom stereocenters. The quantitative estimate of drug-likeness (QED) is 0.760. The molecule has 2 rings (SSSR count). The van der Waals surface area contributed by atoms with Gasteiger partial charge in [-0.1, -0.05) is 52.3 Å². The van der Waals surface area contributed by atoms with Crippen LogP contribution in [-0.2, 0) is 13.1 Å². The topological polar surface area (TPSA) is 16.1 Å². The van der Waals surface area contributed by atoms with E-state index in [4.69, 9.17) is 0 Å². The minimum atomic E-state index is 0.890. The van der Waals surface area contributed by atoms with Gasteiger partial charge in [0, 0.05) is 31.2 Å². The van der Waals surface area contributed by atoms with E-state index in [1.807, 2.05) is 18.3 Å². The summed E-state index contributed by atoms with van der Waals surface area (Å²) in [6.45, 7) is 2.87. The van der Waals surface area contributed by atoms with Gasteiger partial charge in [0.1, 0.15) is 0 Å². The molecule has 0 fully saturated rings. The fourth-order valence-electron chi connectivity index (χ4n) is 1.90. The van der Waals surface area contributed by atoms with Crippen molar-refractivity contribution in [3.63, 3.8) is 0 Å². The second-order valence-corrected chi connectivity index (χ2v) is 5.00. The van der Waals surface area contributed by atoms with E-state index in [1.165, 1.54) is 5.56 Å². The lowest BCUT2D eigenvalue weighted by Crippen LogP contribution is -2.25. The maximum absolute atomic E-state index is 4.39. The molecule has 0 amide bonds. The van der Waals surface area contributed by atoms with E-state index in [0.717, 1.165) is 30.7 Å². The Kier molecular flexibility index (Phi) is 5.36. The number of alkyl halides is 1. The van der Waals surface area contributed by atoms with Crippen LogP contribution >= 0.6 is 15.9 Å². The Bertz CT molecular complexity index is 403. The molecule has 3 heteroatoms. The molecule has 0 bridgehead atoms. The molecular weight excluding hydrogens is 288 g/mol. The third-order valence-electron chi connectivity index (χ3n) is 2.76. The molecule has 94 valence electrons. The zero-order valence-corrected chi connectivity index (χ0v) is 11.9. The number of halogens is 1. The molecule has 1 heterocycles. The number of rotatable bonds is 6. The molecule has 0 saturated carbocycles. The summed E-state index contributed by atoms with van der Waals surface area (Å²) < 4.78 is 0. The van der Waals surface area contributed by atoms with Gasteiger partial charge < -0.3 is 0 Å². The normalized spacial score (nSPS) is 10.8. The van der Waals surface area contributed by atoms with Crippen LogP contribution in [0.25, 0.3) is 0 Å². The second kappa shape index (κ2) is 7.29. The van der Waals surface area contributed by atoms with Gasteiger partial charge in [-0.05, 0) is 17.7 Å². The third-order valence-corrected chi connectivity index (χ3v) is 3.12. The van der Waals surface area contributed by atoms with E-state index in [1.54, 1.807) is 0 Å². The van der Waals surface area contributed by atoms with Crippen LogP contribution < -0.4 is 0 Å². The summed E-state index contributed by atoms with van der Waals surface area (Å²) in [6.07, 6.45) is 1.85. The molecule has 18 heavy (non-hydrogen) atoms. The van der Waals surface area contributed by atoms with Crippen LogP contribution in [0.2, 0.25) is 0 Å². The Morgan fingerprint density at radius 3 is 2.39 bits per heavy atom. The zero-order chi connectivity index (χ0) is 12.6. The molecule has 0 aliphatic carbocycles. The van der Waals surface area contributed by atoms with Gasteiger partial charge in [-0.25, -0.2) is 0 Å². The van der Waals surface area contributed by atoms with Gasteiger partial charge in [-0.3, -0.25) is 9.88 Å². The average Bonchev–Trinajstić information content (AvgIpc) is 2.41. The molecule has 1 aromatic carbocycles. The van der Waals surface area contributed by atoms with Crippen LogP contribution in [0.3, 0.4) is 0 Å². The zero-order valence-electron chi connectivity index (χ0n) is 10.3. The molecule has 0 aliphatic rings. The summed E-state index contributed by atoms with van der Waals surface area (Å²) >= 11 is 3.51. The van der Waals surface area contributed by atoms with Crippen molar-refractivity contribution in [3.05, 3.63) is 66.0 Å². The first-order valence-electron chi connectivity index (χ1n) is 6.10. The highest BCUT2D eigenvalue weighted by molar-refractivity contribution is 9.09. The number of pyridine rings is 1. The first-order chi connectivity index (χ1) is 8.88. The number of benzene rings is 1. The molecule has 0 N–H and O–H groups in total. The minimum Gasteiger partial charge on any atom is -0.292 e. The lowest BCUT2D eigenvalue weighted by molar-refractivity contribution is 0.271. The highest BCUT2D eigenvalue weighted by Gasteiger charge is 2.06. The van der Waals surface area contributed by atoms with Crippen LogP contribution in [0.5, 0.6) is 0 Å². The van der Waals surface area contributed by atoms with Crippen molar-refractivity contribution in [3.8, 4) is 0 Å². The SMILES string of the molecule is BrCCN(Cc1ccccc1)Cc1ccccn1. The maximum Gasteiger partial charge on any atom is 0.0544 e. The second-order valence-electron chi connectivity index (χ2n) is 4.21. The number of hydrogen-bond acceptors (Lipinski definition) is 2. The van der Waals surface area contributed by atoms with Crippen molar-refractivity contribution in [1.29, 1.82) is 0 Å². The highest BCUT2D eigenvalue weighted by atomic mass is 79.9. The monoisotopic (exact) mass is 304 g/mol. The van der Waals surface area contributed by atoms with Gasteiger partial charge in [0.2, 0.25) is 0 Å². The van der Waals surface area contributed by atoms with Gasteiger partial charge in [0.05, 0.1) is 5.69 Å². The Labute approximate surface area is 117 Å². The third kappa shape index (κ3) is 4.24. The van der Waals surface area contributed by atoms with Crippen LogP contribution in [0.15, 0.2) is 54.7 Å². The number of hydrogen-bond donors (Lipinski definition) is 0. The molecule has 0 saturated heterocycles. The summed E-state index contributed by atoms with van der Waals surface area (Å²) in [4.78, 5) is 6.78. The van der Waals surface area contributed by atoms with E-state index in [0.29, 0.717) is 0 Å². The Morgan fingerprint density at radius 1 is 0.944 bits per heavy atom. The van der Waals surface area contributed by atoms with E-state index in [9.17, 15) is 0 Å². The fourth-order valence-corrected chi connectivity index (χ4v) is 2.40. The maximum atomic E-state index is 4.39. The van der Waals surface area contributed by atoms with E-state index >= 15 is 0 Å². The molecular formula is C15H17BrN2. The van der Waals surface area contributed by atoms with Gasteiger partial charge >= 0.3 is 0 Å². The lowest BCUT2D eigenvalue weighted by Gasteiger charge is -2.20. The largest absolute Gasteiger partial charge is 0.292 e. The molecule has 0 aliphatic heterocycles. The highest BCUT2D eigenvalue weighted by Crippen LogP contribution is 2.08. The minimum absolute atomic E-state index is 0.890. The van der Waals surface area contributed by atoms with Gasteiger partial charge in [-0.15, -0.1) is 0 Å². The Hall–Kier alpha value is -1.19. The van der Waals surface area contributed by atoms with Gasteiger partial charge in [0.25, 0.3) is 0 Å². The molecule has 2 nitrogen and oxygen atoms in total. The smallest absolute Gasteiger partial charge is 0.0544 e. The molecule has 0 atom stereocenters. The van der Waals surface area contributed by atoms with E-state index in [2.05, 4.69) is 62.2 Å². The van der Waals surface area contributed by atoms with E-state index < -0.39 is 0 Å². The lowest BCUT2D eigenvalue weighted by atomic mass is 10.2. The predicted molar refractivity (Wildman–Crippen MR) is 78.6 cm³/mol. The Balaban J connectivity index is 2.00. The molecule has 2 aromatic rings. The van der Waals surface area contributed by atoms with E-state index in [-0.39, 0.29) is 0 Å². The average molecular weight is 305 g/mol. The number of aromatic nitrogens is 1. The van der Waals surface area contributed by atoms with Crippen molar-refractivity contribution in [2.24, 2.45) is 0 Å². The molecule has 0 radical (unpaired) electrons. The fraction of sp³-hybridized carbons (Fsp3) is 0.267. The van der Waals surface area contributed by atoms with Crippen LogP contribution in [-0.4, -0.2) is 21.8 Å². The predicted octanol–water partition coefficient (Wildman–Crippen LogP) is 3.48. The van der Waals surface area contributed by atoms with Crippen LogP contribution in [0.4, 0.5) is 0 Å². The van der Waals surface area contributed by atoms with Crippen molar-refractivity contribution >= 4 is 15.9 Å². The van der Waals surface area contributed by atoms with Gasteiger partial charge in [0.15, 0.2) is 0 Å². The van der Waals surface area contributed by atoms with Crippen molar-refractivity contribution in [2.75, 3.05) is 11.9 Å². The van der Waals surface area contributed by atoms with Gasteiger partial charge in [-0.2, -0.15) is 0 Å². The number of nitrogens with zero attached hydrogens (tertiary/aromatic N) is 2. The summed E-state index contributed by atoms with van der Waals surface area (Å²) in [5.41, 5.74) is 2.46. The van der Waals surface area contributed by atoms with Crippen molar-refractivity contribution in [2.45, 2.75) is 13.1 Å². The first-order valence-corrected chi connectivity index (χ1v) is 7.23. The van der Waals surface area contributed by atoms with Crippen LogP contribution in [0, 0.1) is 0 Å². The summed E-state index contributed by atoms with van der Waals surface area (Å²) in [6, 6.07) is 16.6. The summed E-state index contributed by atoms with van der Waals surface area (Å²) in [7, 11) is 0. The van der Waals surface area contributed by atoms with Crippen molar-refractivity contribution < 1.29 is 0 Å². The summed E-state index contributed by atoms with van der Waals surface area (Å²) in [5.74, 6) is 0. The molecule has 0 spiro atoms.